The predicted molar refractivity (Wildman–Crippen MR) is 86.3 cm³/mol. The number of carboxylic acid groups (broad SMARTS) is 1. The molecule has 21 heavy (non-hydrogen) atoms. The van der Waals surface area contributed by atoms with Gasteiger partial charge in [-0.2, -0.15) is 5.10 Å². The normalized spacial score (nSPS) is 26.0. The zero-order chi connectivity index (χ0) is 15.6. The van der Waals surface area contributed by atoms with Gasteiger partial charge in [0.1, 0.15) is 0 Å². The number of carboxylic acids is 1. The minimum atomic E-state index is -0.634. The number of rotatable bonds is 5. The number of carbonyl (C=O) groups is 1. The quantitative estimate of drug-likeness (QED) is 0.865. The Morgan fingerprint density at radius 3 is 2.71 bits per heavy atom. The highest BCUT2D eigenvalue weighted by atomic mass is 79.9. The van der Waals surface area contributed by atoms with Crippen LogP contribution in [0.3, 0.4) is 0 Å². The Morgan fingerprint density at radius 2 is 2.14 bits per heavy atom. The molecule has 0 saturated heterocycles. The molecule has 3 atom stereocenters. The molecule has 0 spiro atoms. The van der Waals surface area contributed by atoms with E-state index in [0.717, 1.165) is 54.5 Å². The minimum absolute atomic E-state index is 0.208. The molecule has 0 aliphatic heterocycles. The molecule has 1 fully saturated rings. The van der Waals surface area contributed by atoms with E-state index in [-0.39, 0.29) is 11.8 Å². The highest BCUT2D eigenvalue weighted by Gasteiger charge is 2.35. The van der Waals surface area contributed by atoms with Crippen LogP contribution in [0.2, 0.25) is 0 Å². The Morgan fingerprint density at radius 1 is 1.43 bits per heavy atom. The first kappa shape index (κ1) is 16.5. The molecule has 1 aromatic rings. The Hall–Kier alpha value is -0.840. The third-order valence-electron chi connectivity index (χ3n) is 4.89. The summed E-state index contributed by atoms with van der Waals surface area (Å²) in [4.78, 5) is 11.6. The number of hydrogen-bond donors (Lipinski definition) is 1. The van der Waals surface area contributed by atoms with E-state index < -0.39 is 5.97 Å². The van der Waals surface area contributed by atoms with Crippen LogP contribution >= 0.6 is 15.9 Å². The molecule has 1 saturated carbocycles. The van der Waals surface area contributed by atoms with E-state index in [0.29, 0.717) is 5.92 Å². The predicted octanol–water partition coefficient (Wildman–Crippen LogP) is 4.04. The number of aromatic nitrogens is 2. The standard InChI is InChI=1S/C16H25BrN2O2/c1-4-11-6-7-13(16(20)21)12(8-11)9-14-15(17)10(3)18-19(14)5-2/h11-13H,4-9H2,1-3H3,(H,20,21). The topological polar surface area (TPSA) is 55.1 Å². The molecule has 0 aromatic carbocycles. The first-order valence-corrected chi connectivity index (χ1v) is 8.71. The molecule has 1 N–H and O–H groups in total. The second-order valence-electron chi connectivity index (χ2n) is 6.16. The zero-order valence-corrected chi connectivity index (χ0v) is 14.7. The van der Waals surface area contributed by atoms with E-state index in [1.54, 1.807) is 0 Å². The number of halogens is 1. The molecular weight excluding hydrogens is 332 g/mol. The fourth-order valence-electron chi connectivity index (χ4n) is 3.60. The van der Waals surface area contributed by atoms with E-state index in [4.69, 9.17) is 0 Å². The molecule has 2 rings (SSSR count). The van der Waals surface area contributed by atoms with Crippen LogP contribution in [0.25, 0.3) is 0 Å². The molecule has 0 amide bonds. The summed E-state index contributed by atoms with van der Waals surface area (Å²) < 4.78 is 3.06. The van der Waals surface area contributed by atoms with Crippen molar-refractivity contribution in [2.75, 3.05) is 0 Å². The first-order chi connectivity index (χ1) is 9.97. The molecule has 1 aliphatic carbocycles. The average Bonchev–Trinajstić information content (AvgIpc) is 2.74. The Labute approximate surface area is 135 Å². The summed E-state index contributed by atoms with van der Waals surface area (Å²) in [5, 5.41) is 14.0. The van der Waals surface area contributed by atoms with Crippen LogP contribution in [-0.4, -0.2) is 20.9 Å². The van der Waals surface area contributed by atoms with Gasteiger partial charge in [0.15, 0.2) is 0 Å². The third-order valence-corrected chi connectivity index (χ3v) is 5.93. The summed E-state index contributed by atoms with van der Waals surface area (Å²) in [7, 11) is 0. The highest BCUT2D eigenvalue weighted by molar-refractivity contribution is 9.10. The fraction of sp³-hybridized carbons (Fsp3) is 0.750. The lowest BCUT2D eigenvalue weighted by Gasteiger charge is -2.33. The van der Waals surface area contributed by atoms with Crippen molar-refractivity contribution in [2.45, 2.75) is 59.4 Å². The van der Waals surface area contributed by atoms with Gasteiger partial charge in [-0.25, -0.2) is 0 Å². The summed E-state index contributed by atoms with van der Waals surface area (Å²) in [5.74, 6) is 0.0487. The van der Waals surface area contributed by atoms with Crippen molar-refractivity contribution in [3.8, 4) is 0 Å². The summed E-state index contributed by atoms with van der Waals surface area (Å²) in [6, 6.07) is 0. The zero-order valence-electron chi connectivity index (χ0n) is 13.1. The largest absolute Gasteiger partial charge is 0.481 e. The molecule has 3 unspecified atom stereocenters. The van der Waals surface area contributed by atoms with E-state index in [1.807, 2.05) is 11.6 Å². The van der Waals surface area contributed by atoms with E-state index in [2.05, 4.69) is 34.9 Å². The average molecular weight is 357 g/mol. The second-order valence-corrected chi connectivity index (χ2v) is 6.95. The van der Waals surface area contributed by atoms with Crippen LogP contribution in [0.4, 0.5) is 0 Å². The van der Waals surface area contributed by atoms with Gasteiger partial charge in [-0.15, -0.1) is 0 Å². The van der Waals surface area contributed by atoms with Gasteiger partial charge in [0.25, 0.3) is 0 Å². The van der Waals surface area contributed by atoms with E-state index in [1.165, 1.54) is 0 Å². The molecule has 1 heterocycles. The maximum atomic E-state index is 11.6. The molecule has 1 aromatic heterocycles. The lowest BCUT2D eigenvalue weighted by Crippen LogP contribution is -2.32. The number of nitrogens with zero attached hydrogens (tertiary/aromatic N) is 2. The lowest BCUT2D eigenvalue weighted by atomic mass is 9.71. The van der Waals surface area contributed by atoms with Gasteiger partial charge in [0.2, 0.25) is 0 Å². The Balaban J connectivity index is 2.23. The summed E-state index contributed by atoms with van der Waals surface area (Å²) in [6.07, 6.45) is 4.85. The van der Waals surface area contributed by atoms with Crippen LogP contribution in [0, 0.1) is 24.7 Å². The Kier molecular flexibility index (Phi) is 5.47. The summed E-state index contributed by atoms with van der Waals surface area (Å²) >= 11 is 3.63. The first-order valence-electron chi connectivity index (χ1n) is 7.92. The van der Waals surface area contributed by atoms with Gasteiger partial charge in [-0.05, 0) is 67.3 Å². The number of aliphatic carboxylic acids is 1. The molecule has 4 nitrogen and oxygen atoms in total. The van der Waals surface area contributed by atoms with Gasteiger partial charge in [-0.3, -0.25) is 9.48 Å². The molecule has 5 heteroatoms. The summed E-state index contributed by atoms with van der Waals surface area (Å²) in [6.45, 7) is 7.10. The van der Waals surface area contributed by atoms with Crippen LogP contribution in [-0.2, 0) is 17.8 Å². The number of hydrogen-bond acceptors (Lipinski definition) is 2. The van der Waals surface area contributed by atoms with Crippen molar-refractivity contribution >= 4 is 21.9 Å². The van der Waals surface area contributed by atoms with E-state index >= 15 is 0 Å². The molecule has 118 valence electrons. The lowest BCUT2D eigenvalue weighted by molar-refractivity contribution is -0.145. The second kappa shape index (κ2) is 6.95. The van der Waals surface area contributed by atoms with Crippen LogP contribution in [0.1, 0.15) is 50.9 Å². The van der Waals surface area contributed by atoms with Crippen LogP contribution in [0.15, 0.2) is 4.47 Å². The third kappa shape index (κ3) is 3.50. The maximum Gasteiger partial charge on any atom is 0.306 e. The summed E-state index contributed by atoms with van der Waals surface area (Å²) in [5.41, 5.74) is 2.14. The SMILES string of the molecule is CCC1CCC(C(=O)O)C(Cc2c(Br)c(C)nn2CC)C1. The minimum Gasteiger partial charge on any atom is -0.481 e. The molecular formula is C16H25BrN2O2. The monoisotopic (exact) mass is 356 g/mol. The highest BCUT2D eigenvalue weighted by Crippen LogP contribution is 2.38. The smallest absolute Gasteiger partial charge is 0.306 e. The van der Waals surface area contributed by atoms with Gasteiger partial charge in [0.05, 0.1) is 21.8 Å². The van der Waals surface area contributed by atoms with E-state index in [9.17, 15) is 9.90 Å². The van der Waals surface area contributed by atoms with Crippen molar-refractivity contribution in [3.05, 3.63) is 15.9 Å². The molecule has 0 bridgehead atoms. The van der Waals surface area contributed by atoms with Crippen molar-refractivity contribution < 1.29 is 9.90 Å². The fourth-order valence-corrected chi connectivity index (χ4v) is 4.04. The van der Waals surface area contributed by atoms with Crippen LogP contribution < -0.4 is 0 Å². The van der Waals surface area contributed by atoms with Crippen molar-refractivity contribution in [1.29, 1.82) is 0 Å². The van der Waals surface area contributed by atoms with Gasteiger partial charge >= 0.3 is 5.97 Å². The van der Waals surface area contributed by atoms with Crippen molar-refractivity contribution in [2.24, 2.45) is 17.8 Å². The van der Waals surface area contributed by atoms with Gasteiger partial charge in [-0.1, -0.05) is 13.3 Å². The van der Waals surface area contributed by atoms with Gasteiger partial charge < -0.3 is 5.11 Å². The Bertz CT molecular complexity index is 513. The number of aryl methyl sites for hydroxylation is 2. The molecule has 1 aliphatic rings. The van der Waals surface area contributed by atoms with Crippen molar-refractivity contribution in [1.82, 2.24) is 9.78 Å². The van der Waals surface area contributed by atoms with Crippen LogP contribution in [0.5, 0.6) is 0 Å². The maximum absolute atomic E-state index is 11.6. The van der Waals surface area contributed by atoms with Crippen molar-refractivity contribution in [3.63, 3.8) is 0 Å². The molecule has 0 radical (unpaired) electrons. The van der Waals surface area contributed by atoms with Gasteiger partial charge in [0, 0.05) is 6.54 Å².